The third kappa shape index (κ3) is 4.28. The van der Waals surface area contributed by atoms with Crippen molar-refractivity contribution in [2.45, 2.75) is 24.2 Å². The fourth-order valence-electron chi connectivity index (χ4n) is 4.28. The highest BCUT2D eigenvalue weighted by molar-refractivity contribution is 7.89. The van der Waals surface area contributed by atoms with E-state index in [4.69, 9.17) is 0 Å². The van der Waals surface area contributed by atoms with Crippen LogP contribution in [0, 0.1) is 5.92 Å². The SMILES string of the molecule is O=S(=O)(c1cn(-c2ccccc2)nc1-c1cccs1)N1CCC(Cc2ccccc2)CC1. The number of para-hydroxylation sites is 1. The molecule has 0 aliphatic carbocycles. The normalized spacial score (nSPS) is 15.8. The molecule has 5 rings (SSSR count). The average Bonchev–Trinajstić information content (AvgIpc) is 3.51. The van der Waals surface area contributed by atoms with E-state index in [0.717, 1.165) is 29.8 Å². The highest BCUT2D eigenvalue weighted by atomic mass is 32.2. The Morgan fingerprint density at radius 1 is 0.906 bits per heavy atom. The van der Waals surface area contributed by atoms with E-state index < -0.39 is 10.0 Å². The van der Waals surface area contributed by atoms with E-state index >= 15 is 0 Å². The second kappa shape index (κ2) is 9.02. The van der Waals surface area contributed by atoms with Crippen molar-refractivity contribution < 1.29 is 8.42 Å². The van der Waals surface area contributed by atoms with Crippen molar-refractivity contribution in [2.24, 2.45) is 5.92 Å². The Balaban J connectivity index is 1.40. The van der Waals surface area contributed by atoms with Crippen molar-refractivity contribution in [2.75, 3.05) is 13.1 Å². The van der Waals surface area contributed by atoms with Crippen LogP contribution in [-0.2, 0) is 16.4 Å². The Hall–Kier alpha value is -2.74. The molecular formula is C25H25N3O2S2. The summed E-state index contributed by atoms with van der Waals surface area (Å²) in [6.45, 7) is 1.08. The summed E-state index contributed by atoms with van der Waals surface area (Å²) < 4.78 is 30.7. The number of nitrogens with zero attached hydrogens (tertiary/aromatic N) is 3. The highest BCUT2D eigenvalue weighted by Crippen LogP contribution is 2.34. The second-order valence-electron chi connectivity index (χ2n) is 8.14. The van der Waals surface area contributed by atoms with Crippen molar-refractivity contribution in [3.05, 3.63) is 89.9 Å². The van der Waals surface area contributed by atoms with E-state index in [1.54, 1.807) is 15.2 Å². The first-order valence-electron chi connectivity index (χ1n) is 10.8. The van der Waals surface area contributed by atoms with Crippen LogP contribution in [0.1, 0.15) is 18.4 Å². The third-order valence-corrected chi connectivity index (χ3v) is 8.79. The Bertz CT molecular complexity index is 1260. The lowest BCUT2D eigenvalue weighted by Crippen LogP contribution is -2.38. The average molecular weight is 464 g/mol. The number of rotatable bonds is 6. The molecule has 0 saturated carbocycles. The van der Waals surface area contributed by atoms with Gasteiger partial charge in [-0.15, -0.1) is 11.3 Å². The molecule has 164 valence electrons. The van der Waals surface area contributed by atoms with Gasteiger partial charge in [-0.3, -0.25) is 0 Å². The van der Waals surface area contributed by atoms with E-state index in [0.29, 0.717) is 24.7 Å². The van der Waals surface area contributed by atoms with Gasteiger partial charge in [0.15, 0.2) is 0 Å². The number of benzene rings is 2. The molecule has 1 saturated heterocycles. The molecule has 0 atom stereocenters. The Kier molecular flexibility index (Phi) is 5.95. The van der Waals surface area contributed by atoms with Gasteiger partial charge in [0.2, 0.25) is 10.0 Å². The first-order valence-corrected chi connectivity index (χ1v) is 13.2. The maximum Gasteiger partial charge on any atom is 0.246 e. The highest BCUT2D eigenvalue weighted by Gasteiger charge is 2.33. The zero-order valence-electron chi connectivity index (χ0n) is 17.7. The van der Waals surface area contributed by atoms with Gasteiger partial charge >= 0.3 is 0 Å². The van der Waals surface area contributed by atoms with Crippen LogP contribution in [0.5, 0.6) is 0 Å². The van der Waals surface area contributed by atoms with E-state index in [9.17, 15) is 8.42 Å². The fraction of sp³-hybridized carbons (Fsp3) is 0.240. The molecule has 2 aromatic carbocycles. The molecule has 1 aliphatic heterocycles. The van der Waals surface area contributed by atoms with Gasteiger partial charge in [-0.05, 0) is 54.3 Å². The summed E-state index contributed by atoms with van der Waals surface area (Å²) in [5.74, 6) is 0.507. The minimum atomic E-state index is -3.65. The molecule has 0 bridgehead atoms. The summed E-state index contributed by atoms with van der Waals surface area (Å²) in [5.41, 5.74) is 2.68. The van der Waals surface area contributed by atoms with Crippen molar-refractivity contribution in [1.29, 1.82) is 0 Å². The monoisotopic (exact) mass is 463 g/mol. The largest absolute Gasteiger partial charge is 0.246 e. The summed E-state index contributed by atoms with van der Waals surface area (Å²) in [5, 5.41) is 6.62. The van der Waals surface area contributed by atoms with Crippen LogP contribution in [0.25, 0.3) is 16.3 Å². The van der Waals surface area contributed by atoms with Crippen molar-refractivity contribution in [3.63, 3.8) is 0 Å². The molecule has 1 aliphatic rings. The minimum absolute atomic E-state index is 0.283. The van der Waals surface area contributed by atoms with Crippen LogP contribution in [0.4, 0.5) is 0 Å². The van der Waals surface area contributed by atoms with Gasteiger partial charge in [0.05, 0.1) is 16.8 Å². The van der Waals surface area contributed by atoms with E-state index in [1.807, 2.05) is 53.9 Å². The predicted octanol–water partition coefficient (Wildman–Crippen LogP) is 5.24. The lowest BCUT2D eigenvalue weighted by molar-refractivity contribution is 0.273. The molecule has 5 nitrogen and oxygen atoms in total. The molecule has 0 amide bonds. The summed E-state index contributed by atoms with van der Waals surface area (Å²) in [7, 11) is -3.65. The molecule has 3 heterocycles. The number of aromatic nitrogens is 2. The number of hydrogen-bond acceptors (Lipinski definition) is 4. The quantitative estimate of drug-likeness (QED) is 0.393. The molecule has 1 fully saturated rings. The number of piperidine rings is 1. The second-order valence-corrected chi connectivity index (χ2v) is 11.0. The van der Waals surface area contributed by atoms with Gasteiger partial charge < -0.3 is 0 Å². The fourth-order valence-corrected chi connectivity index (χ4v) is 6.67. The zero-order chi connectivity index (χ0) is 22.0. The van der Waals surface area contributed by atoms with Crippen molar-refractivity contribution >= 4 is 21.4 Å². The van der Waals surface area contributed by atoms with Gasteiger partial charge in [0, 0.05) is 13.1 Å². The first kappa shape index (κ1) is 21.1. The maximum absolute atomic E-state index is 13.7. The molecule has 0 spiro atoms. The summed E-state index contributed by atoms with van der Waals surface area (Å²) in [6.07, 6.45) is 4.40. The summed E-state index contributed by atoms with van der Waals surface area (Å²) >= 11 is 1.50. The smallest absolute Gasteiger partial charge is 0.239 e. The van der Waals surface area contributed by atoms with Crippen LogP contribution < -0.4 is 0 Å². The molecule has 4 aromatic rings. The van der Waals surface area contributed by atoms with Gasteiger partial charge in [-0.1, -0.05) is 54.6 Å². The molecular weight excluding hydrogens is 438 g/mol. The molecule has 7 heteroatoms. The first-order chi connectivity index (χ1) is 15.6. The Labute approximate surface area is 193 Å². The van der Waals surface area contributed by atoms with Gasteiger partial charge in [0.1, 0.15) is 10.6 Å². The predicted molar refractivity (Wildman–Crippen MR) is 129 cm³/mol. The Morgan fingerprint density at radius 3 is 2.25 bits per heavy atom. The lowest BCUT2D eigenvalue weighted by Gasteiger charge is -2.31. The van der Waals surface area contributed by atoms with Crippen LogP contribution in [0.3, 0.4) is 0 Å². The number of thiophene rings is 1. The third-order valence-electron chi connectivity index (χ3n) is 6.01. The summed E-state index contributed by atoms with van der Waals surface area (Å²) in [6, 6.07) is 23.9. The van der Waals surface area contributed by atoms with Gasteiger partial charge in [-0.2, -0.15) is 9.40 Å². The van der Waals surface area contributed by atoms with E-state index in [-0.39, 0.29) is 4.90 Å². The lowest BCUT2D eigenvalue weighted by atomic mass is 9.91. The van der Waals surface area contributed by atoms with Crippen LogP contribution in [0.15, 0.2) is 89.3 Å². The standard InChI is InChI=1S/C25H25N3O2S2/c29-32(30,27-15-13-21(14-16-27)18-20-8-3-1-4-9-20)24-19-28(22-10-5-2-6-11-22)26-25(24)23-12-7-17-31-23/h1-12,17,19,21H,13-16,18H2. The molecule has 0 N–H and O–H groups in total. The van der Waals surface area contributed by atoms with Gasteiger partial charge in [0.25, 0.3) is 0 Å². The van der Waals surface area contributed by atoms with Crippen LogP contribution >= 0.6 is 11.3 Å². The van der Waals surface area contributed by atoms with E-state index in [1.165, 1.54) is 16.9 Å². The number of sulfonamides is 1. The van der Waals surface area contributed by atoms with Crippen molar-refractivity contribution in [1.82, 2.24) is 14.1 Å². The summed E-state index contributed by atoms with van der Waals surface area (Å²) in [4.78, 5) is 1.14. The topological polar surface area (TPSA) is 55.2 Å². The number of hydrogen-bond donors (Lipinski definition) is 0. The molecule has 2 aromatic heterocycles. The maximum atomic E-state index is 13.7. The van der Waals surface area contributed by atoms with Crippen LogP contribution in [-0.4, -0.2) is 35.6 Å². The molecule has 0 unspecified atom stereocenters. The minimum Gasteiger partial charge on any atom is -0.239 e. The molecule has 0 radical (unpaired) electrons. The zero-order valence-corrected chi connectivity index (χ0v) is 19.3. The van der Waals surface area contributed by atoms with Crippen LogP contribution in [0.2, 0.25) is 0 Å². The molecule has 32 heavy (non-hydrogen) atoms. The van der Waals surface area contributed by atoms with Gasteiger partial charge in [-0.25, -0.2) is 13.1 Å². The van der Waals surface area contributed by atoms with E-state index in [2.05, 4.69) is 29.4 Å². The van der Waals surface area contributed by atoms with Crippen molar-refractivity contribution in [3.8, 4) is 16.3 Å². The Morgan fingerprint density at radius 2 is 1.59 bits per heavy atom.